The van der Waals surface area contributed by atoms with E-state index in [9.17, 15) is 4.79 Å². The quantitative estimate of drug-likeness (QED) is 0.885. The molecule has 0 fully saturated rings. The van der Waals surface area contributed by atoms with Crippen LogP contribution in [0.25, 0.3) is 0 Å². The highest BCUT2D eigenvalue weighted by atomic mass is 79.9. The summed E-state index contributed by atoms with van der Waals surface area (Å²) in [5.41, 5.74) is 0.809. The largest absolute Gasteiger partial charge is 0.356 e. The van der Waals surface area contributed by atoms with E-state index in [0.717, 1.165) is 29.2 Å². The van der Waals surface area contributed by atoms with Gasteiger partial charge in [0.15, 0.2) is 5.96 Å². The van der Waals surface area contributed by atoms with Crippen molar-refractivity contribution >= 4 is 33.5 Å². The maximum atomic E-state index is 11.7. The van der Waals surface area contributed by atoms with Crippen LogP contribution in [0, 0.1) is 0 Å². The minimum Gasteiger partial charge on any atom is -0.356 e. The Bertz CT molecular complexity index is 472. The number of benzene rings is 1. The van der Waals surface area contributed by atoms with Gasteiger partial charge in [-0.25, -0.2) is 0 Å². The maximum Gasteiger partial charge on any atom is 0.226 e. The Balaban J connectivity index is 1.71. The van der Waals surface area contributed by atoms with Crippen molar-refractivity contribution < 1.29 is 4.79 Å². The van der Waals surface area contributed by atoms with Crippen molar-refractivity contribution in [3.05, 3.63) is 28.7 Å². The fourth-order valence-electron chi connectivity index (χ4n) is 1.77. The van der Waals surface area contributed by atoms with Crippen molar-refractivity contribution in [2.24, 2.45) is 4.99 Å². The van der Waals surface area contributed by atoms with Gasteiger partial charge < -0.3 is 15.5 Å². The summed E-state index contributed by atoms with van der Waals surface area (Å²) in [7, 11) is 1.99. The number of guanidine groups is 1. The van der Waals surface area contributed by atoms with Gasteiger partial charge in [0.2, 0.25) is 5.91 Å². The molecule has 0 bridgehead atoms. The number of hydrogen-bond donors (Lipinski definition) is 2. The Labute approximate surface area is 121 Å². The molecule has 0 unspecified atom stereocenters. The Morgan fingerprint density at radius 1 is 1.42 bits per heavy atom. The summed E-state index contributed by atoms with van der Waals surface area (Å²) in [5, 5.41) is 6.02. The summed E-state index contributed by atoms with van der Waals surface area (Å²) in [6.45, 7) is 2.35. The molecule has 1 heterocycles. The Morgan fingerprint density at radius 3 is 2.79 bits per heavy atom. The van der Waals surface area contributed by atoms with E-state index in [4.69, 9.17) is 0 Å². The minimum absolute atomic E-state index is 0.00364. The summed E-state index contributed by atoms with van der Waals surface area (Å²) >= 11 is 3.36. The zero-order chi connectivity index (χ0) is 13.7. The molecule has 2 N–H and O–H groups in total. The SMILES string of the molecule is CN1CCN=C1NCCC(=O)Nc1ccc(Br)cc1. The number of rotatable bonds is 4. The second-order valence-electron chi connectivity index (χ2n) is 4.36. The molecule has 1 aromatic rings. The molecule has 1 aromatic carbocycles. The van der Waals surface area contributed by atoms with E-state index in [2.05, 4.69) is 31.6 Å². The summed E-state index contributed by atoms with van der Waals surface area (Å²) in [4.78, 5) is 18.1. The molecule has 0 aliphatic carbocycles. The maximum absolute atomic E-state index is 11.7. The van der Waals surface area contributed by atoms with Crippen molar-refractivity contribution in [2.75, 3.05) is 32.0 Å². The van der Waals surface area contributed by atoms with Crippen LogP contribution < -0.4 is 10.6 Å². The van der Waals surface area contributed by atoms with Gasteiger partial charge in [-0.1, -0.05) is 15.9 Å². The van der Waals surface area contributed by atoms with E-state index < -0.39 is 0 Å². The smallest absolute Gasteiger partial charge is 0.226 e. The molecule has 0 atom stereocenters. The molecule has 5 nitrogen and oxygen atoms in total. The highest BCUT2D eigenvalue weighted by molar-refractivity contribution is 9.10. The molecule has 0 radical (unpaired) electrons. The first kappa shape index (κ1) is 13.9. The molecule has 6 heteroatoms. The summed E-state index contributed by atoms with van der Waals surface area (Å²) in [6, 6.07) is 7.53. The van der Waals surface area contributed by atoms with Gasteiger partial charge in [0, 0.05) is 36.7 Å². The highest BCUT2D eigenvalue weighted by Crippen LogP contribution is 2.14. The molecule has 0 aromatic heterocycles. The summed E-state index contributed by atoms with van der Waals surface area (Å²) < 4.78 is 0.995. The summed E-state index contributed by atoms with van der Waals surface area (Å²) in [5.74, 6) is 0.868. The lowest BCUT2D eigenvalue weighted by Crippen LogP contribution is -2.37. The predicted octanol–water partition coefficient (Wildman–Crippen LogP) is 1.67. The summed E-state index contributed by atoms with van der Waals surface area (Å²) in [6.07, 6.45) is 0.420. The van der Waals surface area contributed by atoms with E-state index in [1.807, 2.05) is 36.2 Å². The molecular formula is C13H17BrN4O. The molecule has 0 saturated heterocycles. The predicted molar refractivity (Wildman–Crippen MR) is 80.3 cm³/mol. The first-order valence-electron chi connectivity index (χ1n) is 6.20. The number of amides is 1. The average molecular weight is 325 g/mol. The van der Waals surface area contributed by atoms with E-state index >= 15 is 0 Å². The normalized spacial score (nSPS) is 14.2. The molecule has 102 valence electrons. The molecule has 1 amide bonds. The van der Waals surface area contributed by atoms with Crippen molar-refractivity contribution in [2.45, 2.75) is 6.42 Å². The molecule has 0 spiro atoms. The van der Waals surface area contributed by atoms with E-state index in [0.29, 0.717) is 13.0 Å². The van der Waals surface area contributed by atoms with Gasteiger partial charge in [0.05, 0.1) is 6.54 Å². The van der Waals surface area contributed by atoms with Crippen molar-refractivity contribution in [1.82, 2.24) is 10.2 Å². The molecule has 1 aliphatic heterocycles. The Hall–Kier alpha value is -1.56. The van der Waals surface area contributed by atoms with Crippen molar-refractivity contribution in [3.63, 3.8) is 0 Å². The number of likely N-dealkylation sites (N-methyl/N-ethyl adjacent to an activating group) is 1. The number of nitrogens with one attached hydrogen (secondary N) is 2. The molecule has 19 heavy (non-hydrogen) atoms. The Kier molecular flexibility index (Phi) is 4.79. The average Bonchev–Trinajstić information content (AvgIpc) is 2.78. The highest BCUT2D eigenvalue weighted by Gasteiger charge is 2.11. The second-order valence-corrected chi connectivity index (χ2v) is 5.27. The monoisotopic (exact) mass is 324 g/mol. The van der Waals surface area contributed by atoms with E-state index in [1.165, 1.54) is 0 Å². The fourth-order valence-corrected chi connectivity index (χ4v) is 2.03. The third-order valence-electron chi connectivity index (χ3n) is 2.82. The Morgan fingerprint density at radius 2 is 2.16 bits per heavy atom. The van der Waals surface area contributed by atoms with Gasteiger partial charge in [-0.05, 0) is 24.3 Å². The third-order valence-corrected chi connectivity index (χ3v) is 3.35. The molecular weight excluding hydrogens is 308 g/mol. The zero-order valence-corrected chi connectivity index (χ0v) is 12.4. The van der Waals surface area contributed by atoms with Crippen molar-refractivity contribution in [1.29, 1.82) is 0 Å². The molecule has 1 aliphatic rings. The lowest BCUT2D eigenvalue weighted by Gasteiger charge is -2.14. The van der Waals surface area contributed by atoms with Crippen LogP contribution in [0.15, 0.2) is 33.7 Å². The van der Waals surface area contributed by atoms with E-state index in [1.54, 1.807) is 0 Å². The number of hydrogen-bond acceptors (Lipinski definition) is 4. The van der Waals surface area contributed by atoms with Crippen LogP contribution in [0.1, 0.15) is 6.42 Å². The first-order chi connectivity index (χ1) is 9.15. The van der Waals surface area contributed by atoms with Gasteiger partial charge in [-0.15, -0.1) is 0 Å². The lowest BCUT2D eigenvalue weighted by molar-refractivity contribution is -0.116. The lowest BCUT2D eigenvalue weighted by atomic mass is 10.3. The van der Waals surface area contributed by atoms with Crippen LogP contribution in [-0.4, -0.2) is 43.4 Å². The van der Waals surface area contributed by atoms with Crippen LogP contribution in [0.2, 0.25) is 0 Å². The van der Waals surface area contributed by atoms with Gasteiger partial charge in [-0.3, -0.25) is 9.79 Å². The number of nitrogens with zero attached hydrogens (tertiary/aromatic N) is 2. The topological polar surface area (TPSA) is 56.7 Å². The minimum atomic E-state index is -0.00364. The standard InChI is InChI=1S/C13H17BrN4O/c1-18-9-8-16-13(18)15-7-6-12(19)17-11-4-2-10(14)3-5-11/h2-5H,6-9H2,1H3,(H,15,16)(H,17,19). The van der Waals surface area contributed by atoms with Crippen molar-refractivity contribution in [3.8, 4) is 0 Å². The van der Waals surface area contributed by atoms with E-state index in [-0.39, 0.29) is 5.91 Å². The number of aliphatic imine (C=N–C) groups is 1. The van der Waals surface area contributed by atoms with Gasteiger partial charge in [0.1, 0.15) is 0 Å². The number of carbonyl (C=O) groups excluding carboxylic acids is 1. The van der Waals surface area contributed by atoms with Crippen LogP contribution in [0.5, 0.6) is 0 Å². The van der Waals surface area contributed by atoms with Gasteiger partial charge >= 0.3 is 0 Å². The van der Waals surface area contributed by atoms with Crippen LogP contribution in [0.4, 0.5) is 5.69 Å². The number of halogens is 1. The van der Waals surface area contributed by atoms with Gasteiger partial charge in [-0.2, -0.15) is 0 Å². The second kappa shape index (κ2) is 6.56. The number of carbonyl (C=O) groups is 1. The first-order valence-corrected chi connectivity index (χ1v) is 6.99. The van der Waals surface area contributed by atoms with Crippen LogP contribution in [0.3, 0.4) is 0 Å². The molecule has 0 saturated carbocycles. The zero-order valence-electron chi connectivity index (χ0n) is 10.8. The van der Waals surface area contributed by atoms with Gasteiger partial charge in [0.25, 0.3) is 0 Å². The van der Waals surface area contributed by atoms with Crippen LogP contribution in [-0.2, 0) is 4.79 Å². The third kappa shape index (κ3) is 4.24. The number of anilines is 1. The molecule has 2 rings (SSSR count). The van der Waals surface area contributed by atoms with Crippen LogP contribution >= 0.6 is 15.9 Å². The fraction of sp³-hybridized carbons (Fsp3) is 0.385.